The lowest BCUT2D eigenvalue weighted by atomic mass is 10.00. The number of carbonyl (C=O) groups is 1. The molecular weight excluding hydrogens is 280 g/mol. The van der Waals surface area contributed by atoms with Gasteiger partial charge in [-0.25, -0.2) is 4.68 Å². The number of nitrogens with one attached hydrogen (secondary N) is 1. The van der Waals surface area contributed by atoms with Crippen LogP contribution in [0.2, 0.25) is 0 Å². The number of tetrazole rings is 1. The lowest BCUT2D eigenvalue weighted by Gasteiger charge is -2.15. The highest BCUT2D eigenvalue weighted by molar-refractivity contribution is 5.91. The Bertz CT molecular complexity index is 668. The zero-order valence-corrected chi connectivity index (χ0v) is 12.6. The Hall–Kier alpha value is -2.28. The number of amides is 1. The molecule has 0 aliphatic heterocycles. The molecule has 22 heavy (non-hydrogen) atoms. The number of aryl methyl sites for hydroxylation is 1. The Morgan fingerprint density at radius 3 is 3.00 bits per heavy atom. The van der Waals surface area contributed by atoms with E-state index < -0.39 is 0 Å². The van der Waals surface area contributed by atoms with Crippen molar-refractivity contribution in [2.45, 2.75) is 31.7 Å². The standard InChI is InChI=1S/C15H20N6O/c1-21-15(18-19-20-21)11-5-2-6-12(8-11)17-14(22)9-10-4-3-7-13(10)16/h2,5-6,8,10,13H,3-4,7,9,16H2,1H3,(H,17,22)/t10-,13+/m0/s1. The smallest absolute Gasteiger partial charge is 0.224 e. The van der Waals surface area contributed by atoms with Crippen molar-refractivity contribution in [1.29, 1.82) is 0 Å². The van der Waals surface area contributed by atoms with Gasteiger partial charge in [0.2, 0.25) is 5.91 Å². The molecule has 2 aromatic rings. The molecule has 0 radical (unpaired) electrons. The number of nitrogens with two attached hydrogens (primary N) is 1. The van der Waals surface area contributed by atoms with E-state index in [1.807, 2.05) is 24.3 Å². The van der Waals surface area contributed by atoms with Gasteiger partial charge in [0, 0.05) is 30.8 Å². The van der Waals surface area contributed by atoms with Gasteiger partial charge < -0.3 is 11.1 Å². The van der Waals surface area contributed by atoms with Crippen LogP contribution in [0.25, 0.3) is 11.4 Å². The molecule has 0 saturated heterocycles. The molecule has 1 fully saturated rings. The van der Waals surface area contributed by atoms with Crippen molar-refractivity contribution >= 4 is 11.6 Å². The molecule has 3 N–H and O–H groups in total. The largest absolute Gasteiger partial charge is 0.327 e. The van der Waals surface area contributed by atoms with E-state index in [4.69, 9.17) is 5.73 Å². The van der Waals surface area contributed by atoms with Crippen molar-refractivity contribution in [3.05, 3.63) is 24.3 Å². The Morgan fingerprint density at radius 1 is 1.45 bits per heavy atom. The van der Waals surface area contributed by atoms with E-state index >= 15 is 0 Å². The number of carbonyl (C=O) groups excluding carboxylic acids is 1. The minimum atomic E-state index is 0.00981. The van der Waals surface area contributed by atoms with Gasteiger partial charge in [0.05, 0.1) is 0 Å². The molecule has 3 rings (SSSR count). The minimum Gasteiger partial charge on any atom is -0.327 e. The molecule has 116 valence electrons. The number of rotatable bonds is 4. The average Bonchev–Trinajstić information content (AvgIpc) is 3.08. The van der Waals surface area contributed by atoms with Crippen LogP contribution in [-0.4, -0.2) is 32.2 Å². The van der Waals surface area contributed by atoms with E-state index in [9.17, 15) is 4.79 Å². The molecule has 1 saturated carbocycles. The van der Waals surface area contributed by atoms with Crippen molar-refractivity contribution in [3.8, 4) is 11.4 Å². The van der Waals surface area contributed by atoms with Crippen molar-refractivity contribution in [2.75, 3.05) is 5.32 Å². The molecule has 7 heteroatoms. The summed E-state index contributed by atoms with van der Waals surface area (Å²) in [6.45, 7) is 0. The maximum absolute atomic E-state index is 12.2. The van der Waals surface area contributed by atoms with Gasteiger partial charge in [-0.3, -0.25) is 4.79 Å². The number of hydrogen-bond donors (Lipinski definition) is 2. The van der Waals surface area contributed by atoms with Crippen molar-refractivity contribution < 1.29 is 4.79 Å². The van der Waals surface area contributed by atoms with E-state index in [-0.39, 0.29) is 11.9 Å². The van der Waals surface area contributed by atoms with Crippen LogP contribution in [0.5, 0.6) is 0 Å². The van der Waals surface area contributed by atoms with Gasteiger partial charge in [-0.05, 0) is 41.3 Å². The van der Waals surface area contributed by atoms with Crippen molar-refractivity contribution in [3.63, 3.8) is 0 Å². The van der Waals surface area contributed by atoms with Crippen LogP contribution in [0.3, 0.4) is 0 Å². The summed E-state index contributed by atoms with van der Waals surface area (Å²) in [5, 5.41) is 14.4. The van der Waals surface area contributed by atoms with Crippen LogP contribution in [0.1, 0.15) is 25.7 Å². The molecule has 0 unspecified atom stereocenters. The molecule has 1 amide bonds. The summed E-state index contributed by atoms with van der Waals surface area (Å²) >= 11 is 0. The average molecular weight is 300 g/mol. The molecular formula is C15H20N6O. The highest BCUT2D eigenvalue weighted by Crippen LogP contribution is 2.27. The lowest BCUT2D eigenvalue weighted by molar-refractivity contribution is -0.117. The Morgan fingerprint density at radius 2 is 2.32 bits per heavy atom. The molecule has 0 spiro atoms. The summed E-state index contributed by atoms with van der Waals surface area (Å²) in [4.78, 5) is 12.2. The van der Waals surface area contributed by atoms with Gasteiger partial charge in [0.1, 0.15) is 0 Å². The van der Waals surface area contributed by atoms with Crippen LogP contribution in [0, 0.1) is 5.92 Å². The van der Waals surface area contributed by atoms with Crippen molar-refractivity contribution in [1.82, 2.24) is 20.2 Å². The number of aromatic nitrogens is 4. The number of hydrogen-bond acceptors (Lipinski definition) is 5. The lowest BCUT2D eigenvalue weighted by Crippen LogP contribution is -2.28. The topological polar surface area (TPSA) is 98.7 Å². The molecule has 7 nitrogen and oxygen atoms in total. The molecule has 1 aliphatic carbocycles. The zero-order valence-electron chi connectivity index (χ0n) is 12.6. The first-order valence-electron chi connectivity index (χ1n) is 7.51. The second-order valence-electron chi connectivity index (χ2n) is 5.81. The quantitative estimate of drug-likeness (QED) is 0.887. The summed E-state index contributed by atoms with van der Waals surface area (Å²) < 4.78 is 1.60. The monoisotopic (exact) mass is 300 g/mol. The highest BCUT2D eigenvalue weighted by Gasteiger charge is 2.26. The number of nitrogens with zero attached hydrogens (tertiary/aromatic N) is 4. The van der Waals surface area contributed by atoms with Crippen molar-refractivity contribution in [2.24, 2.45) is 18.7 Å². The van der Waals surface area contributed by atoms with E-state index in [2.05, 4.69) is 20.8 Å². The van der Waals surface area contributed by atoms with Gasteiger partial charge >= 0.3 is 0 Å². The second-order valence-corrected chi connectivity index (χ2v) is 5.81. The van der Waals surface area contributed by atoms with Crippen LogP contribution in [0.4, 0.5) is 5.69 Å². The third-order valence-electron chi connectivity index (χ3n) is 4.19. The zero-order chi connectivity index (χ0) is 15.5. The third-order valence-corrected chi connectivity index (χ3v) is 4.19. The van der Waals surface area contributed by atoms with Gasteiger partial charge in [0.15, 0.2) is 5.82 Å². The Balaban J connectivity index is 1.68. The molecule has 1 heterocycles. The van der Waals surface area contributed by atoms with E-state index in [0.29, 0.717) is 18.2 Å². The molecule has 1 aromatic heterocycles. The van der Waals surface area contributed by atoms with E-state index in [1.165, 1.54) is 0 Å². The maximum Gasteiger partial charge on any atom is 0.224 e. The summed E-state index contributed by atoms with van der Waals surface area (Å²) in [5.41, 5.74) is 7.63. The van der Waals surface area contributed by atoms with Crippen LogP contribution in [0.15, 0.2) is 24.3 Å². The fraction of sp³-hybridized carbons (Fsp3) is 0.467. The fourth-order valence-electron chi connectivity index (χ4n) is 2.98. The normalized spacial score (nSPS) is 21.0. The first kappa shape index (κ1) is 14.6. The van der Waals surface area contributed by atoms with Crippen LogP contribution >= 0.6 is 0 Å². The first-order chi connectivity index (χ1) is 10.6. The fourth-order valence-corrected chi connectivity index (χ4v) is 2.98. The third kappa shape index (κ3) is 3.14. The van der Waals surface area contributed by atoms with Gasteiger partial charge in [-0.1, -0.05) is 18.6 Å². The maximum atomic E-state index is 12.2. The minimum absolute atomic E-state index is 0.00981. The second kappa shape index (κ2) is 6.23. The number of anilines is 1. The summed E-state index contributed by atoms with van der Waals surface area (Å²) in [7, 11) is 1.78. The predicted molar refractivity (Wildman–Crippen MR) is 82.8 cm³/mol. The van der Waals surface area contributed by atoms with Gasteiger partial charge in [0.25, 0.3) is 0 Å². The van der Waals surface area contributed by atoms with Crippen LogP contribution < -0.4 is 11.1 Å². The SMILES string of the molecule is Cn1nnnc1-c1cccc(NC(=O)C[C@@H]2CCC[C@H]2N)c1. The number of benzene rings is 1. The summed E-state index contributed by atoms with van der Waals surface area (Å²) in [5.74, 6) is 0.968. The first-order valence-corrected chi connectivity index (χ1v) is 7.51. The van der Waals surface area contributed by atoms with Crippen LogP contribution in [-0.2, 0) is 11.8 Å². The van der Waals surface area contributed by atoms with E-state index in [1.54, 1.807) is 11.7 Å². The van der Waals surface area contributed by atoms with Gasteiger partial charge in [-0.15, -0.1) is 5.10 Å². The Kier molecular flexibility index (Phi) is 4.15. The molecule has 2 atom stereocenters. The molecule has 1 aliphatic rings. The predicted octanol–water partition coefficient (Wildman–Crippen LogP) is 1.33. The summed E-state index contributed by atoms with van der Waals surface area (Å²) in [6, 6.07) is 7.68. The summed E-state index contributed by atoms with van der Waals surface area (Å²) in [6.07, 6.45) is 3.66. The molecule has 0 bridgehead atoms. The van der Waals surface area contributed by atoms with E-state index in [0.717, 1.165) is 30.5 Å². The Labute approximate surface area is 128 Å². The van der Waals surface area contributed by atoms with Gasteiger partial charge in [-0.2, -0.15) is 0 Å². The molecule has 1 aromatic carbocycles. The highest BCUT2D eigenvalue weighted by atomic mass is 16.1.